The van der Waals surface area contributed by atoms with Crippen molar-refractivity contribution in [2.75, 3.05) is 19.6 Å². The number of carbonyl (C=O) groups is 1. The van der Waals surface area contributed by atoms with Gasteiger partial charge in [0.2, 0.25) is 0 Å². The third-order valence-corrected chi connectivity index (χ3v) is 4.21. The Kier molecular flexibility index (Phi) is 4.21. The lowest BCUT2D eigenvalue weighted by molar-refractivity contribution is 0.0660. The lowest BCUT2D eigenvalue weighted by atomic mass is 9.93. The van der Waals surface area contributed by atoms with Gasteiger partial charge in [0.1, 0.15) is 11.5 Å². The van der Waals surface area contributed by atoms with Crippen molar-refractivity contribution in [2.24, 2.45) is 5.92 Å². The monoisotopic (exact) mass is 284 g/mol. The van der Waals surface area contributed by atoms with Crippen LogP contribution in [0.1, 0.15) is 34.7 Å². The molecule has 1 aromatic heterocycles. The van der Waals surface area contributed by atoms with E-state index in [9.17, 15) is 4.79 Å². The summed E-state index contributed by atoms with van der Waals surface area (Å²) in [5, 5.41) is 3.52. The predicted molar refractivity (Wildman–Crippen MR) is 75.8 cm³/mol. The first-order valence-electron chi connectivity index (χ1n) is 6.75. The van der Waals surface area contributed by atoms with Crippen LogP contribution in [-0.2, 0) is 0 Å². The SMILES string of the molecule is Cc1cc(C(=O)N2CCC3NCCC3C2)c(C)o1.Cl. The van der Waals surface area contributed by atoms with E-state index in [0.29, 0.717) is 12.0 Å². The molecule has 2 aliphatic rings. The smallest absolute Gasteiger partial charge is 0.257 e. The maximum absolute atomic E-state index is 12.5. The topological polar surface area (TPSA) is 45.5 Å². The number of piperidine rings is 1. The number of carbonyl (C=O) groups excluding carboxylic acids is 1. The van der Waals surface area contributed by atoms with Gasteiger partial charge in [-0.15, -0.1) is 12.4 Å². The molecule has 2 fully saturated rings. The van der Waals surface area contributed by atoms with E-state index in [1.807, 2.05) is 24.8 Å². The molecule has 0 radical (unpaired) electrons. The van der Waals surface area contributed by atoms with Gasteiger partial charge in [0, 0.05) is 19.1 Å². The predicted octanol–water partition coefficient (Wildman–Crippen LogP) is 2.14. The fourth-order valence-corrected chi connectivity index (χ4v) is 3.25. The highest BCUT2D eigenvalue weighted by Gasteiger charge is 2.35. The van der Waals surface area contributed by atoms with Crippen LogP contribution >= 0.6 is 12.4 Å². The Hall–Kier alpha value is -1.000. The summed E-state index contributed by atoms with van der Waals surface area (Å²) in [7, 11) is 0. The van der Waals surface area contributed by atoms with Crippen LogP contribution in [0, 0.1) is 19.8 Å². The molecule has 0 aliphatic carbocycles. The van der Waals surface area contributed by atoms with Gasteiger partial charge in [0.15, 0.2) is 0 Å². The highest BCUT2D eigenvalue weighted by molar-refractivity contribution is 5.95. The minimum atomic E-state index is 0. The van der Waals surface area contributed by atoms with Gasteiger partial charge >= 0.3 is 0 Å². The molecule has 3 rings (SSSR count). The normalized spacial score (nSPS) is 25.9. The quantitative estimate of drug-likeness (QED) is 0.859. The molecule has 4 nitrogen and oxygen atoms in total. The number of aryl methyl sites for hydroxylation is 2. The fraction of sp³-hybridized carbons (Fsp3) is 0.643. The highest BCUT2D eigenvalue weighted by atomic mass is 35.5. The molecule has 106 valence electrons. The second-order valence-corrected chi connectivity index (χ2v) is 5.48. The van der Waals surface area contributed by atoms with Gasteiger partial charge in [-0.25, -0.2) is 0 Å². The van der Waals surface area contributed by atoms with Crippen molar-refractivity contribution in [3.05, 3.63) is 23.2 Å². The largest absolute Gasteiger partial charge is 0.466 e. The van der Waals surface area contributed by atoms with Crippen LogP contribution in [-0.4, -0.2) is 36.5 Å². The molecule has 0 saturated carbocycles. The second-order valence-electron chi connectivity index (χ2n) is 5.48. The standard InChI is InChI=1S/C14H20N2O2.ClH/c1-9-7-12(10(2)18-9)14(17)16-6-4-13-11(8-16)3-5-15-13;/h7,11,13,15H,3-6,8H2,1-2H3;1H. The Balaban J connectivity index is 0.00000133. The third-order valence-electron chi connectivity index (χ3n) is 4.21. The summed E-state index contributed by atoms with van der Waals surface area (Å²) in [4.78, 5) is 14.5. The minimum absolute atomic E-state index is 0. The lowest BCUT2D eigenvalue weighted by Crippen LogP contribution is -2.46. The van der Waals surface area contributed by atoms with Crippen molar-refractivity contribution in [3.8, 4) is 0 Å². The van der Waals surface area contributed by atoms with Crippen molar-refractivity contribution >= 4 is 18.3 Å². The number of hydrogen-bond donors (Lipinski definition) is 1. The Morgan fingerprint density at radius 3 is 2.89 bits per heavy atom. The third kappa shape index (κ3) is 2.65. The van der Waals surface area contributed by atoms with Crippen molar-refractivity contribution < 1.29 is 9.21 Å². The zero-order valence-electron chi connectivity index (χ0n) is 11.4. The first kappa shape index (κ1) is 14.4. The number of furan rings is 1. The van der Waals surface area contributed by atoms with Gasteiger partial charge in [-0.2, -0.15) is 0 Å². The van der Waals surface area contributed by atoms with Gasteiger partial charge in [-0.05, 0) is 45.2 Å². The minimum Gasteiger partial charge on any atom is -0.466 e. The fourth-order valence-electron chi connectivity index (χ4n) is 3.25. The first-order valence-corrected chi connectivity index (χ1v) is 6.75. The Morgan fingerprint density at radius 1 is 1.42 bits per heavy atom. The number of amides is 1. The van der Waals surface area contributed by atoms with Crippen LogP contribution in [0.2, 0.25) is 0 Å². The zero-order chi connectivity index (χ0) is 12.7. The van der Waals surface area contributed by atoms with Gasteiger partial charge in [0.25, 0.3) is 5.91 Å². The number of rotatable bonds is 1. The lowest BCUT2D eigenvalue weighted by Gasteiger charge is -2.34. The van der Waals surface area contributed by atoms with Crippen LogP contribution in [0.4, 0.5) is 0 Å². The maximum Gasteiger partial charge on any atom is 0.257 e. The molecule has 0 aromatic carbocycles. The van der Waals surface area contributed by atoms with Gasteiger partial charge in [-0.3, -0.25) is 4.79 Å². The van der Waals surface area contributed by atoms with E-state index in [-0.39, 0.29) is 18.3 Å². The van der Waals surface area contributed by atoms with Crippen molar-refractivity contribution in [3.63, 3.8) is 0 Å². The van der Waals surface area contributed by atoms with E-state index >= 15 is 0 Å². The van der Waals surface area contributed by atoms with Crippen LogP contribution in [0.3, 0.4) is 0 Å². The first-order chi connectivity index (χ1) is 8.65. The van der Waals surface area contributed by atoms with E-state index in [0.717, 1.165) is 43.1 Å². The summed E-state index contributed by atoms with van der Waals surface area (Å²) in [6, 6.07) is 2.48. The summed E-state index contributed by atoms with van der Waals surface area (Å²) in [5.41, 5.74) is 0.733. The number of hydrogen-bond acceptors (Lipinski definition) is 3. The molecular weight excluding hydrogens is 264 g/mol. The summed E-state index contributed by atoms with van der Waals surface area (Å²) in [6.45, 7) is 6.60. The van der Waals surface area contributed by atoms with Crippen LogP contribution in [0.5, 0.6) is 0 Å². The molecule has 2 aliphatic heterocycles. The number of likely N-dealkylation sites (tertiary alicyclic amines) is 1. The molecule has 19 heavy (non-hydrogen) atoms. The molecule has 1 amide bonds. The van der Waals surface area contributed by atoms with E-state index in [1.165, 1.54) is 6.42 Å². The number of nitrogens with zero attached hydrogens (tertiary/aromatic N) is 1. The van der Waals surface area contributed by atoms with Crippen molar-refractivity contribution in [1.29, 1.82) is 0 Å². The van der Waals surface area contributed by atoms with E-state index in [2.05, 4.69) is 5.32 Å². The summed E-state index contributed by atoms with van der Waals surface area (Å²) in [5.74, 6) is 2.32. The second kappa shape index (κ2) is 5.55. The van der Waals surface area contributed by atoms with Crippen molar-refractivity contribution in [1.82, 2.24) is 10.2 Å². The summed E-state index contributed by atoms with van der Waals surface area (Å²) >= 11 is 0. The zero-order valence-corrected chi connectivity index (χ0v) is 12.3. The summed E-state index contributed by atoms with van der Waals surface area (Å²) in [6.07, 6.45) is 2.27. The molecule has 2 atom stereocenters. The molecule has 0 spiro atoms. The maximum atomic E-state index is 12.5. The molecule has 1 aromatic rings. The van der Waals surface area contributed by atoms with Crippen LogP contribution in [0.15, 0.2) is 10.5 Å². The van der Waals surface area contributed by atoms with E-state index in [1.54, 1.807) is 0 Å². The molecule has 1 N–H and O–H groups in total. The van der Waals surface area contributed by atoms with Gasteiger partial charge < -0.3 is 14.6 Å². The average Bonchev–Trinajstić information content (AvgIpc) is 2.93. The number of nitrogens with one attached hydrogen (secondary N) is 1. The van der Waals surface area contributed by atoms with Crippen LogP contribution in [0.25, 0.3) is 0 Å². The highest BCUT2D eigenvalue weighted by Crippen LogP contribution is 2.26. The van der Waals surface area contributed by atoms with Gasteiger partial charge in [0.05, 0.1) is 5.56 Å². The Morgan fingerprint density at radius 2 is 2.21 bits per heavy atom. The Labute approximate surface area is 119 Å². The molecule has 2 saturated heterocycles. The van der Waals surface area contributed by atoms with Crippen molar-refractivity contribution in [2.45, 2.75) is 32.7 Å². The van der Waals surface area contributed by atoms with E-state index in [4.69, 9.17) is 4.42 Å². The van der Waals surface area contributed by atoms with E-state index < -0.39 is 0 Å². The van der Waals surface area contributed by atoms with Crippen LogP contribution < -0.4 is 5.32 Å². The molecule has 0 bridgehead atoms. The molecule has 5 heteroatoms. The summed E-state index contributed by atoms with van der Waals surface area (Å²) < 4.78 is 5.45. The molecule has 2 unspecified atom stereocenters. The van der Waals surface area contributed by atoms with Gasteiger partial charge in [-0.1, -0.05) is 0 Å². The number of fused-ring (bicyclic) bond motifs is 1. The Bertz CT molecular complexity index is 472. The average molecular weight is 285 g/mol. The molecule has 3 heterocycles. The number of halogens is 1. The molecular formula is C14H21ClN2O2.